The molecule has 0 rings (SSSR count). The van der Waals surface area contributed by atoms with Crippen molar-refractivity contribution in [3.63, 3.8) is 0 Å². The molecule has 1 N–H and O–H groups in total. The van der Waals surface area contributed by atoms with E-state index in [-0.39, 0.29) is 30.8 Å². The van der Waals surface area contributed by atoms with Crippen molar-refractivity contribution in [1.29, 1.82) is 0 Å². The summed E-state index contributed by atoms with van der Waals surface area (Å²) in [5.41, 5.74) is -1.82. The molecule has 4 nitrogen and oxygen atoms in total. The van der Waals surface area contributed by atoms with E-state index >= 15 is 0 Å². The number of aliphatic carboxylic acids is 1. The summed E-state index contributed by atoms with van der Waals surface area (Å²) in [5, 5.41) is 10.2. The minimum absolute atomic E-state index is 0.171. The average molecular weight is 607 g/mol. The van der Waals surface area contributed by atoms with Crippen molar-refractivity contribution < 1.29 is 19.5 Å². The zero-order chi connectivity index (χ0) is 31.9. The Bertz CT molecular complexity index is 614. The van der Waals surface area contributed by atoms with Gasteiger partial charge in [-0.2, -0.15) is 0 Å². The van der Waals surface area contributed by atoms with E-state index in [1.165, 1.54) is 128 Å². The second kappa shape index (κ2) is 30.8. The number of carboxylic acid groups (broad SMARTS) is 1. The number of carboxylic acids is 1. The van der Waals surface area contributed by atoms with Crippen molar-refractivity contribution in [2.75, 3.05) is 0 Å². The molecule has 0 fully saturated rings. The summed E-state index contributed by atoms with van der Waals surface area (Å²) in [6.07, 6.45) is 34.9. The summed E-state index contributed by atoms with van der Waals surface area (Å²) in [7, 11) is 0. The van der Waals surface area contributed by atoms with E-state index in [9.17, 15) is 19.5 Å². The highest BCUT2D eigenvalue weighted by atomic mass is 16.4. The van der Waals surface area contributed by atoms with Crippen LogP contribution in [-0.4, -0.2) is 22.6 Å². The number of carbonyl (C=O) groups is 3. The Morgan fingerprint density at radius 2 is 0.605 bits per heavy atom. The molecular weight excluding hydrogens is 532 g/mol. The number of ketones is 2. The van der Waals surface area contributed by atoms with Gasteiger partial charge in [-0.25, -0.2) is 0 Å². The van der Waals surface area contributed by atoms with Gasteiger partial charge in [0.1, 0.15) is 0 Å². The van der Waals surface area contributed by atoms with Gasteiger partial charge in [0.05, 0.1) is 0 Å². The molecule has 0 atom stereocenters. The molecule has 43 heavy (non-hydrogen) atoms. The number of unbranched alkanes of at least 4 members (excludes halogenated alkanes) is 26. The van der Waals surface area contributed by atoms with Crippen molar-refractivity contribution in [1.82, 2.24) is 0 Å². The second-order valence-electron chi connectivity index (χ2n) is 13.5. The van der Waals surface area contributed by atoms with Crippen LogP contribution in [0.15, 0.2) is 0 Å². The third kappa shape index (κ3) is 22.0. The molecule has 0 aliphatic heterocycles. The van der Waals surface area contributed by atoms with Crippen molar-refractivity contribution in [2.45, 2.75) is 226 Å². The summed E-state index contributed by atoms with van der Waals surface area (Å²) >= 11 is 0. The molecule has 0 bridgehead atoms. The molecule has 0 aliphatic carbocycles. The fourth-order valence-corrected chi connectivity index (χ4v) is 6.45. The molecular formula is C39H74O4. The number of Topliss-reactive ketones (excluding diaryl/α,β-unsaturated/α-hetero) is 2. The van der Waals surface area contributed by atoms with E-state index in [0.29, 0.717) is 19.3 Å². The molecule has 0 aromatic heterocycles. The van der Waals surface area contributed by atoms with Gasteiger partial charge in [0, 0.05) is 12.8 Å². The molecule has 0 amide bonds. The van der Waals surface area contributed by atoms with E-state index in [1.54, 1.807) is 0 Å². The van der Waals surface area contributed by atoms with Gasteiger partial charge in [-0.1, -0.05) is 194 Å². The number of carbonyl (C=O) groups excluding carboxylic acids is 2. The summed E-state index contributed by atoms with van der Waals surface area (Å²) in [5.74, 6) is -1.87. The Balaban J connectivity index is 4.35. The third-order valence-corrected chi connectivity index (χ3v) is 9.49. The number of hydrogen-bond acceptors (Lipinski definition) is 3. The smallest absolute Gasteiger partial charge is 0.324 e. The second-order valence-corrected chi connectivity index (χ2v) is 13.5. The van der Waals surface area contributed by atoms with Gasteiger partial charge in [-0.05, 0) is 19.3 Å². The molecule has 0 radical (unpaired) electrons. The maximum Gasteiger partial charge on any atom is 0.324 e. The van der Waals surface area contributed by atoms with Crippen LogP contribution in [0.5, 0.6) is 0 Å². The fraction of sp³-hybridized carbons (Fsp3) is 0.923. The van der Waals surface area contributed by atoms with Crippen molar-refractivity contribution in [3.8, 4) is 0 Å². The first kappa shape index (κ1) is 41.8. The highest BCUT2D eigenvalue weighted by molar-refractivity contribution is 6.21. The Kier molecular flexibility index (Phi) is 30.0. The van der Waals surface area contributed by atoms with Gasteiger partial charge in [0.25, 0.3) is 0 Å². The summed E-state index contributed by atoms with van der Waals surface area (Å²) in [6.45, 7) is 6.58. The Labute approximate surface area is 268 Å². The van der Waals surface area contributed by atoms with Crippen LogP contribution < -0.4 is 0 Å². The summed E-state index contributed by atoms with van der Waals surface area (Å²) < 4.78 is 0. The molecule has 0 aliphatic rings. The lowest BCUT2D eigenvalue weighted by atomic mass is 9.72. The highest BCUT2D eigenvalue weighted by Gasteiger charge is 2.50. The summed E-state index contributed by atoms with van der Waals surface area (Å²) in [6, 6.07) is 0. The Morgan fingerprint density at radius 1 is 0.372 bits per heavy atom. The third-order valence-electron chi connectivity index (χ3n) is 9.49. The van der Waals surface area contributed by atoms with Gasteiger partial charge in [-0.15, -0.1) is 0 Å². The molecule has 4 heteroatoms. The molecule has 254 valence electrons. The highest BCUT2D eigenvalue weighted by Crippen LogP contribution is 2.33. The van der Waals surface area contributed by atoms with E-state index in [1.807, 2.05) is 0 Å². The minimum atomic E-state index is -1.82. The van der Waals surface area contributed by atoms with Crippen LogP contribution in [0.2, 0.25) is 0 Å². The SMILES string of the molecule is CCCCCCCCCCCCCCCC(=O)C(CCCCC)(C(=O)O)C(=O)CCCCCCCCCCCCCCC. The first-order valence-corrected chi connectivity index (χ1v) is 19.3. The maximum atomic E-state index is 13.4. The van der Waals surface area contributed by atoms with Crippen LogP contribution in [0.1, 0.15) is 226 Å². The fourth-order valence-electron chi connectivity index (χ4n) is 6.45. The van der Waals surface area contributed by atoms with Gasteiger partial charge < -0.3 is 5.11 Å². The molecule has 0 saturated carbocycles. The quantitative estimate of drug-likeness (QED) is 0.0575. The van der Waals surface area contributed by atoms with Crippen LogP contribution in [0, 0.1) is 5.41 Å². The van der Waals surface area contributed by atoms with Crippen LogP contribution in [-0.2, 0) is 14.4 Å². The number of rotatable bonds is 35. The lowest BCUT2D eigenvalue weighted by Crippen LogP contribution is -2.46. The molecule has 0 aromatic carbocycles. The van der Waals surface area contributed by atoms with E-state index in [4.69, 9.17) is 0 Å². The van der Waals surface area contributed by atoms with E-state index in [2.05, 4.69) is 20.8 Å². The van der Waals surface area contributed by atoms with Crippen LogP contribution in [0.4, 0.5) is 0 Å². The standard InChI is InChI=1S/C39H74O4/c1-4-7-10-12-14-16-18-20-22-24-26-28-30-33-36(40)39(38(42)43,35-32-9-6-3)37(41)34-31-29-27-25-23-21-19-17-15-13-11-8-5-2/h4-35H2,1-3H3,(H,42,43). The summed E-state index contributed by atoms with van der Waals surface area (Å²) in [4.78, 5) is 39.3. The molecule has 0 spiro atoms. The average Bonchev–Trinajstić information content (AvgIpc) is 2.99. The first-order valence-electron chi connectivity index (χ1n) is 19.3. The van der Waals surface area contributed by atoms with Crippen LogP contribution in [0.25, 0.3) is 0 Å². The lowest BCUT2D eigenvalue weighted by Gasteiger charge is -2.27. The van der Waals surface area contributed by atoms with Gasteiger partial charge in [-0.3, -0.25) is 14.4 Å². The molecule has 0 unspecified atom stereocenters. The molecule has 0 aromatic rings. The predicted octanol–water partition coefficient (Wildman–Crippen LogP) is 12.7. The Hall–Kier alpha value is -1.19. The van der Waals surface area contributed by atoms with Gasteiger partial charge in [0.2, 0.25) is 0 Å². The minimum Gasteiger partial charge on any atom is -0.480 e. The van der Waals surface area contributed by atoms with E-state index in [0.717, 1.165) is 38.5 Å². The monoisotopic (exact) mass is 607 g/mol. The first-order chi connectivity index (χ1) is 21.0. The lowest BCUT2D eigenvalue weighted by molar-refractivity contribution is -0.160. The van der Waals surface area contributed by atoms with Crippen molar-refractivity contribution >= 4 is 17.5 Å². The zero-order valence-corrected chi connectivity index (χ0v) is 29.3. The van der Waals surface area contributed by atoms with Crippen molar-refractivity contribution in [3.05, 3.63) is 0 Å². The normalized spacial score (nSPS) is 11.7. The Morgan fingerprint density at radius 3 is 0.860 bits per heavy atom. The van der Waals surface area contributed by atoms with E-state index < -0.39 is 11.4 Å². The van der Waals surface area contributed by atoms with Gasteiger partial charge >= 0.3 is 5.97 Å². The van der Waals surface area contributed by atoms with Crippen molar-refractivity contribution in [2.24, 2.45) is 5.41 Å². The van der Waals surface area contributed by atoms with Gasteiger partial charge in [0.15, 0.2) is 17.0 Å². The molecule has 0 saturated heterocycles. The molecule has 0 heterocycles. The zero-order valence-electron chi connectivity index (χ0n) is 29.3. The topological polar surface area (TPSA) is 71.4 Å². The largest absolute Gasteiger partial charge is 0.480 e. The number of hydrogen-bond donors (Lipinski definition) is 1. The maximum absolute atomic E-state index is 13.4. The van der Waals surface area contributed by atoms with Crippen LogP contribution in [0.3, 0.4) is 0 Å². The van der Waals surface area contributed by atoms with Crippen LogP contribution >= 0.6 is 0 Å². The predicted molar refractivity (Wildman–Crippen MR) is 185 cm³/mol.